The Bertz CT molecular complexity index is 621. The molecule has 3 nitrogen and oxygen atoms in total. The maximum Gasteiger partial charge on any atom is 0.169 e. The van der Waals surface area contributed by atoms with Crippen LogP contribution in [0.3, 0.4) is 0 Å². The van der Waals surface area contributed by atoms with Crippen LogP contribution in [0.5, 0.6) is 0 Å². The van der Waals surface area contributed by atoms with Gasteiger partial charge in [-0.15, -0.1) is 0 Å². The second kappa shape index (κ2) is 4.29. The summed E-state index contributed by atoms with van der Waals surface area (Å²) in [7, 11) is 0. The molecule has 4 saturated carbocycles. The van der Waals surface area contributed by atoms with Crippen LogP contribution in [-0.4, -0.2) is 30.2 Å². The van der Waals surface area contributed by atoms with E-state index in [4.69, 9.17) is 9.47 Å². The third-order valence-electron chi connectivity index (χ3n) is 9.38. The minimum absolute atomic E-state index is 0.0846. The van der Waals surface area contributed by atoms with Crippen molar-refractivity contribution < 1.29 is 14.6 Å². The molecule has 1 spiro atoms. The molecule has 1 saturated heterocycles. The van der Waals surface area contributed by atoms with E-state index >= 15 is 0 Å². The van der Waals surface area contributed by atoms with Crippen molar-refractivity contribution in [1.82, 2.24) is 0 Å². The zero-order valence-corrected chi connectivity index (χ0v) is 14.9. The maximum atomic E-state index is 10.6. The molecule has 1 aliphatic heterocycles. The standard InChI is InChI=1S/C21H30O3/c1-18-6-5-16-14(15(18)2-3-17(18)22)4-7-19-12-20(16,19)8-9-21(13-19)23-10-11-24-21/h5,14-15,17,22H,2-4,6-13H2,1H3/t14-,15-,17-,18-,19+,20+/m0/s1. The highest BCUT2D eigenvalue weighted by atomic mass is 16.7. The summed E-state index contributed by atoms with van der Waals surface area (Å²) in [6.45, 7) is 3.92. The second-order valence-corrected chi connectivity index (χ2v) is 10.0. The van der Waals surface area contributed by atoms with Crippen molar-refractivity contribution in [2.24, 2.45) is 28.1 Å². The Balaban J connectivity index is 1.36. The van der Waals surface area contributed by atoms with E-state index in [0.717, 1.165) is 50.7 Å². The van der Waals surface area contributed by atoms with Crippen LogP contribution in [0.4, 0.5) is 0 Å². The number of allylic oxidation sites excluding steroid dienone is 2. The van der Waals surface area contributed by atoms with Gasteiger partial charge < -0.3 is 14.6 Å². The Morgan fingerprint density at radius 3 is 2.71 bits per heavy atom. The van der Waals surface area contributed by atoms with Crippen LogP contribution in [0.2, 0.25) is 0 Å². The molecule has 6 atom stereocenters. The number of fused-ring (bicyclic) bond motifs is 3. The molecule has 3 heteroatoms. The summed E-state index contributed by atoms with van der Waals surface area (Å²) in [5, 5.41) is 10.6. The van der Waals surface area contributed by atoms with Crippen LogP contribution < -0.4 is 0 Å². The van der Waals surface area contributed by atoms with Crippen LogP contribution in [0.15, 0.2) is 11.6 Å². The average Bonchev–Trinajstić information content (AvgIpc) is 2.88. The lowest BCUT2D eigenvalue weighted by atomic mass is 9.54. The molecular weight excluding hydrogens is 300 g/mol. The van der Waals surface area contributed by atoms with Crippen molar-refractivity contribution in [2.45, 2.75) is 76.6 Å². The molecule has 0 amide bonds. The van der Waals surface area contributed by atoms with Gasteiger partial charge in [0, 0.05) is 18.3 Å². The van der Waals surface area contributed by atoms with Crippen LogP contribution in [0.1, 0.15) is 64.7 Å². The largest absolute Gasteiger partial charge is 0.393 e. The summed E-state index contributed by atoms with van der Waals surface area (Å²) in [6, 6.07) is 0. The smallest absolute Gasteiger partial charge is 0.169 e. The molecule has 0 unspecified atom stereocenters. The Kier molecular flexibility index (Phi) is 2.64. The van der Waals surface area contributed by atoms with E-state index in [9.17, 15) is 5.11 Å². The van der Waals surface area contributed by atoms with E-state index in [0.29, 0.717) is 10.8 Å². The zero-order valence-electron chi connectivity index (χ0n) is 14.9. The molecule has 6 aliphatic rings. The molecule has 0 aromatic rings. The highest BCUT2D eigenvalue weighted by Gasteiger charge is 2.76. The number of hydrogen-bond acceptors (Lipinski definition) is 3. The molecule has 1 heterocycles. The molecular formula is C21H30O3. The molecule has 0 radical (unpaired) electrons. The van der Waals surface area contributed by atoms with E-state index in [-0.39, 0.29) is 17.3 Å². The van der Waals surface area contributed by atoms with Crippen LogP contribution in [0, 0.1) is 28.1 Å². The number of hydrogen-bond donors (Lipinski definition) is 1. The highest BCUT2D eigenvalue weighted by Crippen LogP contribution is 2.83. The molecule has 132 valence electrons. The second-order valence-electron chi connectivity index (χ2n) is 10.0. The van der Waals surface area contributed by atoms with Gasteiger partial charge >= 0.3 is 0 Å². The first kappa shape index (κ1) is 14.8. The van der Waals surface area contributed by atoms with Crippen molar-refractivity contribution >= 4 is 0 Å². The minimum Gasteiger partial charge on any atom is -0.393 e. The van der Waals surface area contributed by atoms with Gasteiger partial charge in [0.05, 0.1) is 19.3 Å². The van der Waals surface area contributed by atoms with Crippen LogP contribution in [-0.2, 0) is 9.47 Å². The number of rotatable bonds is 0. The van der Waals surface area contributed by atoms with Gasteiger partial charge in [-0.2, -0.15) is 0 Å². The Labute approximate surface area is 144 Å². The van der Waals surface area contributed by atoms with Gasteiger partial charge in [-0.1, -0.05) is 18.6 Å². The Hall–Kier alpha value is -0.380. The van der Waals surface area contributed by atoms with Crippen molar-refractivity contribution in [3.05, 3.63) is 11.6 Å². The average molecular weight is 330 g/mol. The molecule has 0 aromatic heterocycles. The molecule has 24 heavy (non-hydrogen) atoms. The van der Waals surface area contributed by atoms with Crippen molar-refractivity contribution in [3.8, 4) is 0 Å². The minimum atomic E-state index is -0.236. The lowest BCUT2D eigenvalue weighted by molar-refractivity contribution is -0.197. The van der Waals surface area contributed by atoms with E-state index in [2.05, 4.69) is 13.0 Å². The normalized spacial score (nSPS) is 56.9. The predicted octanol–water partition coefficient (Wildman–Crippen LogP) is 3.81. The summed E-state index contributed by atoms with van der Waals surface area (Å²) in [5.74, 6) is 1.23. The fourth-order valence-electron chi connectivity index (χ4n) is 8.07. The van der Waals surface area contributed by atoms with Gasteiger partial charge in [-0.25, -0.2) is 0 Å². The summed E-state index contributed by atoms with van der Waals surface area (Å²) in [4.78, 5) is 0. The lowest BCUT2D eigenvalue weighted by Gasteiger charge is -2.52. The molecule has 0 bridgehead atoms. The van der Waals surface area contributed by atoms with Crippen molar-refractivity contribution in [2.75, 3.05) is 13.2 Å². The topological polar surface area (TPSA) is 38.7 Å². The highest BCUT2D eigenvalue weighted by molar-refractivity contribution is 5.40. The van der Waals surface area contributed by atoms with E-state index in [1.807, 2.05) is 0 Å². The fourth-order valence-corrected chi connectivity index (χ4v) is 8.07. The quantitative estimate of drug-likeness (QED) is 0.687. The predicted molar refractivity (Wildman–Crippen MR) is 90.2 cm³/mol. The first-order chi connectivity index (χ1) is 11.5. The zero-order chi connectivity index (χ0) is 16.2. The fraction of sp³-hybridized carbons (Fsp3) is 0.905. The third kappa shape index (κ3) is 1.53. The van der Waals surface area contributed by atoms with Gasteiger partial charge in [0.1, 0.15) is 0 Å². The SMILES string of the molecule is C[C@]12CC=C3[C@@H](CC[C@@]45CC6(CC[C@@]34C5)OCCO6)[C@@H]1CC[C@@H]2O. The summed E-state index contributed by atoms with van der Waals surface area (Å²) < 4.78 is 12.2. The molecule has 1 N–H and O–H groups in total. The number of aliphatic hydroxyl groups is 1. The first-order valence-corrected chi connectivity index (χ1v) is 10.2. The number of ether oxygens (including phenoxy) is 2. The maximum absolute atomic E-state index is 10.6. The van der Waals surface area contributed by atoms with Crippen LogP contribution >= 0.6 is 0 Å². The molecule has 5 fully saturated rings. The molecule has 5 aliphatic carbocycles. The van der Waals surface area contributed by atoms with Gasteiger partial charge in [0.2, 0.25) is 0 Å². The molecule has 6 rings (SSSR count). The summed E-state index contributed by atoms with van der Waals surface area (Å²) >= 11 is 0. The van der Waals surface area contributed by atoms with Gasteiger partial charge in [0.25, 0.3) is 0 Å². The molecule has 0 aromatic carbocycles. The van der Waals surface area contributed by atoms with Gasteiger partial charge in [0.15, 0.2) is 5.79 Å². The lowest BCUT2D eigenvalue weighted by Crippen LogP contribution is -2.47. The van der Waals surface area contributed by atoms with Crippen LogP contribution in [0.25, 0.3) is 0 Å². The Morgan fingerprint density at radius 2 is 1.88 bits per heavy atom. The number of aliphatic hydroxyl groups excluding tert-OH is 1. The van der Waals surface area contributed by atoms with E-state index in [1.54, 1.807) is 5.57 Å². The monoisotopic (exact) mass is 330 g/mol. The first-order valence-electron chi connectivity index (χ1n) is 10.2. The summed E-state index contributed by atoms with van der Waals surface area (Å²) in [5.41, 5.74) is 2.90. The third-order valence-corrected chi connectivity index (χ3v) is 9.38. The van der Waals surface area contributed by atoms with E-state index in [1.165, 1.54) is 32.1 Å². The van der Waals surface area contributed by atoms with Crippen molar-refractivity contribution in [1.29, 1.82) is 0 Å². The summed E-state index contributed by atoms with van der Waals surface area (Å²) in [6.07, 6.45) is 13.4. The Morgan fingerprint density at radius 1 is 1.04 bits per heavy atom. The van der Waals surface area contributed by atoms with E-state index < -0.39 is 0 Å². The van der Waals surface area contributed by atoms with Gasteiger partial charge in [-0.3, -0.25) is 0 Å². The van der Waals surface area contributed by atoms with Crippen molar-refractivity contribution in [3.63, 3.8) is 0 Å². The van der Waals surface area contributed by atoms with Gasteiger partial charge in [-0.05, 0) is 67.6 Å².